The molecule has 1 amide bonds. The maximum Gasteiger partial charge on any atom is 0.410 e. The van der Waals surface area contributed by atoms with E-state index in [1.54, 1.807) is 0 Å². The Morgan fingerprint density at radius 1 is 1.07 bits per heavy atom. The molecule has 5 nitrogen and oxygen atoms in total. The lowest BCUT2D eigenvalue weighted by molar-refractivity contribution is -0.125. The number of benzene rings is 1. The Bertz CT molecular complexity index is 616. The zero-order valence-electron chi connectivity index (χ0n) is 16.6. The molecule has 0 N–H and O–H groups in total. The van der Waals surface area contributed by atoms with Crippen molar-refractivity contribution < 1.29 is 14.3 Å². The first-order chi connectivity index (χ1) is 13.1. The van der Waals surface area contributed by atoms with Gasteiger partial charge in [0.2, 0.25) is 0 Å². The molecule has 1 aromatic carbocycles. The van der Waals surface area contributed by atoms with Gasteiger partial charge in [0.05, 0.1) is 0 Å². The molecular formula is C22H32N2O3. The number of Topliss-reactive ketones (excluding diaryl/α,β-unsaturated/α-hetero) is 1. The molecule has 2 fully saturated rings. The van der Waals surface area contributed by atoms with Gasteiger partial charge in [-0.15, -0.1) is 0 Å². The van der Waals surface area contributed by atoms with Gasteiger partial charge in [-0.3, -0.25) is 4.79 Å². The van der Waals surface area contributed by atoms with E-state index in [0.717, 1.165) is 50.9 Å². The van der Waals surface area contributed by atoms with Gasteiger partial charge in [-0.2, -0.15) is 0 Å². The quantitative estimate of drug-likeness (QED) is 0.695. The molecule has 148 valence electrons. The number of nitrogens with zero attached hydrogens (tertiary/aromatic N) is 2. The number of ether oxygens (including phenoxy) is 1. The molecule has 0 aromatic heterocycles. The van der Waals surface area contributed by atoms with Crippen molar-refractivity contribution in [1.82, 2.24) is 9.80 Å². The van der Waals surface area contributed by atoms with Crippen molar-refractivity contribution in [3.63, 3.8) is 0 Å². The molecule has 0 spiro atoms. The fourth-order valence-corrected chi connectivity index (χ4v) is 4.54. The van der Waals surface area contributed by atoms with Crippen molar-refractivity contribution in [3.8, 4) is 0 Å². The fraction of sp³-hybridized carbons (Fsp3) is 0.636. The maximum absolute atomic E-state index is 12.7. The fourth-order valence-electron chi connectivity index (χ4n) is 4.54. The summed E-state index contributed by atoms with van der Waals surface area (Å²) in [6.45, 7) is 7.39. The third-order valence-electron chi connectivity index (χ3n) is 6.17. The number of hydrogen-bond acceptors (Lipinski definition) is 4. The van der Waals surface area contributed by atoms with E-state index in [0.29, 0.717) is 18.8 Å². The maximum atomic E-state index is 12.7. The first-order valence-electron chi connectivity index (χ1n) is 10.4. The molecule has 5 heteroatoms. The number of rotatable bonds is 8. The third-order valence-corrected chi connectivity index (χ3v) is 6.17. The van der Waals surface area contributed by atoms with E-state index in [4.69, 9.17) is 4.74 Å². The minimum Gasteiger partial charge on any atom is -0.445 e. The van der Waals surface area contributed by atoms with Crippen molar-refractivity contribution in [1.29, 1.82) is 0 Å². The number of fused-ring (bicyclic) bond motifs is 2. The second-order valence-corrected chi connectivity index (χ2v) is 7.74. The van der Waals surface area contributed by atoms with E-state index >= 15 is 0 Å². The molecule has 2 unspecified atom stereocenters. The van der Waals surface area contributed by atoms with Gasteiger partial charge in [0, 0.05) is 31.0 Å². The summed E-state index contributed by atoms with van der Waals surface area (Å²) in [5, 5.41) is 0. The van der Waals surface area contributed by atoms with E-state index in [9.17, 15) is 9.59 Å². The predicted molar refractivity (Wildman–Crippen MR) is 105 cm³/mol. The van der Waals surface area contributed by atoms with Crippen LogP contribution in [0.1, 0.15) is 51.5 Å². The van der Waals surface area contributed by atoms with Crippen LogP contribution in [0.5, 0.6) is 0 Å². The summed E-state index contributed by atoms with van der Waals surface area (Å²) in [4.78, 5) is 29.5. The SMILES string of the molecule is CCN(CC)CCC(=O)C1CC2CCC(C1)N2C(=O)OCc1ccccc1. The molecule has 2 atom stereocenters. The average Bonchev–Trinajstić information content (AvgIpc) is 2.97. The predicted octanol–water partition coefficient (Wildman–Crippen LogP) is 3.87. The van der Waals surface area contributed by atoms with Gasteiger partial charge in [0.25, 0.3) is 0 Å². The third kappa shape index (κ3) is 4.89. The molecular weight excluding hydrogens is 340 g/mol. The molecule has 0 saturated carbocycles. The van der Waals surface area contributed by atoms with E-state index in [-0.39, 0.29) is 24.1 Å². The standard InChI is InChI=1S/C22H32N2O3/c1-3-23(4-2)13-12-21(25)18-14-19-10-11-20(15-18)24(19)22(26)27-16-17-8-6-5-7-9-17/h5-9,18-20H,3-4,10-16H2,1-2H3. The van der Waals surface area contributed by atoms with E-state index in [1.807, 2.05) is 35.2 Å². The number of carbonyl (C=O) groups is 2. The topological polar surface area (TPSA) is 49.9 Å². The first-order valence-corrected chi connectivity index (χ1v) is 10.4. The van der Waals surface area contributed by atoms with Gasteiger partial charge < -0.3 is 14.5 Å². The van der Waals surface area contributed by atoms with Crippen molar-refractivity contribution in [2.24, 2.45) is 5.92 Å². The van der Waals surface area contributed by atoms with Gasteiger partial charge in [-0.05, 0) is 44.3 Å². The highest BCUT2D eigenvalue weighted by Crippen LogP contribution is 2.39. The Morgan fingerprint density at radius 3 is 2.30 bits per heavy atom. The lowest BCUT2D eigenvalue weighted by Gasteiger charge is -2.37. The normalized spacial score (nSPS) is 24.3. The molecule has 2 aliphatic rings. The summed E-state index contributed by atoms with van der Waals surface area (Å²) in [5.41, 5.74) is 1.000. The second kappa shape index (κ2) is 9.36. The summed E-state index contributed by atoms with van der Waals surface area (Å²) >= 11 is 0. The molecule has 2 saturated heterocycles. The van der Waals surface area contributed by atoms with Crippen LogP contribution < -0.4 is 0 Å². The van der Waals surface area contributed by atoms with Gasteiger partial charge in [0.1, 0.15) is 12.4 Å². The van der Waals surface area contributed by atoms with Crippen LogP contribution in [0.3, 0.4) is 0 Å². The summed E-state index contributed by atoms with van der Waals surface area (Å²) in [7, 11) is 0. The molecule has 2 aliphatic heterocycles. The number of piperidine rings is 1. The van der Waals surface area contributed by atoms with Crippen LogP contribution in [-0.4, -0.2) is 53.4 Å². The Morgan fingerprint density at radius 2 is 1.70 bits per heavy atom. The van der Waals surface area contributed by atoms with E-state index in [1.165, 1.54) is 0 Å². The number of ketones is 1. The number of hydrogen-bond donors (Lipinski definition) is 0. The van der Waals surface area contributed by atoms with Crippen LogP contribution in [0.15, 0.2) is 30.3 Å². The van der Waals surface area contributed by atoms with Crippen molar-refractivity contribution in [3.05, 3.63) is 35.9 Å². The minimum atomic E-state index is -0.222. The van der Waals surface area contributed by atoms with Crippen LogP contribution in [-0.2, 0) is 16.1 Å². The largest absolute Gasteiger partial charge is 0.445 e. The highest BCUT2D eigenvalue weighted by molar-refractivity contribution is 5.82. The van der Waals surface area contributed by atoms with Crippen molar-refractivity contribution in [2.45, 2.75) is 64.6 Å². The molecule has 0 radical (unpaired) electrons. The van der Waals surface area contributed by atoms with Gasteiger partial charge >= 0.3 is 6.09 Å². The smallest absolute Gasteiger partial charge is 0.410 e. The number of amides is 1. The molecule has 27 heavy (non-hydrogen) atoms. The molecule has 0 aliphatic carbocycles. The Hall–Kier alpha value is -1.88. The first kappa shape index (κ1) is 19.9. The molecule has 3 rings (SSSR count). The van der Waals surface area contributed by atoms with Crippen LogP contribution in [0.2, 0.25) is 0 Å². The zero-order valence-corrected chi connectivity index (χ0v) is 16.6. The van der Waals surface area contributed by atoms with Crippen LogP contribution in [0.4, 0.5) is 4.79 Å². The number of carbonyl (C=O) groups excluding carboxylic acids is 2. The second-order valence-electron chi connectivity index (χ2n) is 7.74. The molecule has 2 heterocycles. The van der Waals surface area contributed by atoms with Gasteiger partial charge in [-0.1, -0.05) is 44.2 Å². The highest BCUT2D eigenvalue weighted by atomic mass is 16.6. The Kier molecular flexibility index (Phi) is 6.89. The summed E-state index contributed by atoms with van der Waals surface area (Å²) < 4.78 is 5.55. The van der Waals surface area contributed by atoms with Crippen LogP contribution >= 0.6 is 0 Å². The Labute approximate surface area is 162 Å². The average molecular weight is 373 g/mol. The summed E-state index contributed by atoms with van der Waals surface area (Å²) in [6.07, 6.45) is 3.99. The van der Waals surface area contributed by atoms with E-state index < -0.39 is 0 Å². The molecule has 1 aromatic rings. The van der Waals surface area contributed by atoms with Gasteiger partial charge in [-0.25, -0.2) is 4.79 Å². The summed E-state index contributed by atoms with van der Waals surface area (Å²) in [5.74, 6) is 0.479. The summed E-state index contributed by atoms with van der Waals surface area (Å²) in [6, 6.07) is 10.1. The van der Waals surface area contributed by atoms with Gasteiger partial charge in [0.15, 0.2) is 0 Å². The zero-order chi connectivity index (χ0) is 19.2. The molecule has 2 bridgehead atoms. The lowest BCUT2D eigenvalue weighted by atomic mass is 9.86. The minimum absolute atomic E-state index is 0.108. The monoisotopic (exact) mass is 372 g/mol. The van der Waals surface area contributed by atoms with Crippen LogP contribution in [0.25, 0.3) is 0 Å². The van der Waals surface area contributed by atoms with Crippen molar-refractivity contribution in [2.75, 3.05) is 19.6 Å². The van der Waals surface area contributed by atoms with E-state index in [2.05, 4.69) is 18.7 Å². The Balaban J connectivity index is 1.50. The van der Waals surface area contributed by atoms with Crippen LogP contribution in [0, 0.1) is 5.92 Å². The van der Waals surface area contributed by atoms with Crippen molar-refractivity contribution >= 4 is 11.9 Å². The lowest BCUT2D eigenvalue weighted by Crippen LogP contribution is -2.48. The highest BCUT2D eigenvalue weighted by Gasteiger charge is 2.45.